The quantitative estimate of drug-likeness (QED) is 0.404. The number of aromatic nitrogens is 4. The van der Waals surface area contributed by atoms with Gasteiger partial charge in [0.05, 0.1) is 21.1 Å². The van der Waals surface area contributed by atoms with E-state index >= 15 is 0 Å². The van der Waals surface area contributed by atoms with Gasteiger partial charge in [-0.05, 0) is 56.4 Å². The van der Waals surface area contributed by atoms with Crippen LogP contribution in [0.15, 0.2) is 47.4 Å². The summed E-state index contributed by atoms with van der Waals surface area (Å²) in [6.45, 7) is 3.00. The van der Waals surface area contributed by atoms with Crippen molar-refractivity contribution < 1.29 is 0 Å². The minimum absolute atomic E-state index is 0.108. The number of nitrogens with two attached hydrogens (primary N) is 1. The Morgan fingerprint density at radius 1 is 1.14 bits per heavy atom. The Labute approximate surface area is 212 Å². The molecule has 0 amide bonds. The smallest absolute Gasteiger partial charge is 0.355 e. The van der Waals surface area contributed by atoms with Crippen molar-refractivity contribution in [2.24, 2.45) is 0 Å². The van der Waals surface area contributed by atoms with Gasteiger partial charge in [0.2, 0.25) is 5.95 Å². The van der Waals surface area contributed by atoms with Crippen molar-refractivity contribution in [1.82, 2.24) is 24.4 Å². The van der Waals surface area contributed by atoms with Crippen LogP contribution in [0.25, 0.3) is 16.7 Å². The lowest BCUT2D eigenvalue weighted by molar-refractivity contribution is 0.414. The summed E-state index contributed by atoms with van der Waals surface area (Å²) in [4.78, 5) is 30.3. The lowest BCUT2D eigenvalue weighted by Crippen LogP contribution is -2.30. The molecule has 0 unspecified atom stereocenters. The van der Waals surface area contributed by atoms with Crippen molar-refractivity contribution in [3.8, 4) is 5.69 Å². The van der Waals surface area contributed by atoms with Crippen LogP contribution >= 0.6 is 23.2 Å². The highest BCUT2D eigenvalue weighted by Gasteiger charge is 2.20. The van der Waals surface area contributed by atoms with Crippen LogP contribution in [0, 0.1) is 0 Å². The molecule has 35 heavy (non-hydrogen) atoms. The Hall–Kier alpha value is -3.40. The van der Waals surface area contributed by atoms with Crippen LogP contribution in [0.4, 0.5) is 23.1 Å². The number of hydrogen-bond acceptors (Lipinski definition) is 8. The maximum Gasteiger partial charge on any atom is 0.355 e. The molecule has 0 saturated heterocycles. The Morgan fingerprint density at radius 3 is 2.66 bits per heavy atom. The van der Waals surface area contributed by atoms with E-state index in [0.29, 0.717) is 11.3 Å². The van der Waals surface area contributed by atoms with E-state index in [1.54, 1.807) is 18.2 Å². The summed E-state index contributed by atoms with van der Waals surface area (Å²) in [6, 6.07) is 11.2. The van der Waals surface area contributed by atoms with Crippen molar-refractivity contribution in [3.63, 3.8) is 0 Å². The van der Waals surface area contributed by atoms with Gasteiger partial charge >= 0.3 is 5.69 Å². The van der Waals surface area contributed by atoms with Crippen molar-refractivity contribution in [3.05, 3.63) is 68.7 Å². The van der Waals surface area contributed by atoms with Crippen LogP contribution in [-0.4, -0.2) is 58.1 Å². The van der Waals surface area contributed by atoms with E-state index in [9.17, 15) is 4.79 Å². The van der Waals surface area contributed by atoms with Gasteiger partial charge in [0.15, 0.2) is 5.65 Å². The number of nitrogen functional groups attached to an aromatic ring is 1. The average Bonchev–Trinajstić information content (AvgIpc) is 3.21. The van der Waals surface area contributed by atoms with E-state index in [1.165, 1.54) is 22.0 Å². The number of halogens is 2. The van der Waals surface area contributed by atoms with Crippen LogP contribution in [-0.2, 0) is 6.42 Å². The van der Waals surface area contributed by atoms with Crippen molar-refractivity contribution in [2.75, 3.05) is 49.7 Å². The maximum absolute atomic E-state index is 12.8. The first kappa shape index (κ1) is 23.3. The molecule has 3 N–H and O–H groups in total. The molecule has 0 radical (unpaired) electrons. The predicted molar refractivity (Wildman–Crippen MR) is 142 cm³/mol. The lowest BCUT2D eigenvalue weighted by atomic mass is 10.1. The minimum atomic E-state index is -0.634. The molecule has 9 nitrogen and oxygen atoms in total. The third kappa shape index (κ3) is 4.50. The van der Waals surface area contributed by atoms with Gasteiger partial charge in [-0.3, -0.25) is 0 Å². The Morgan fingerprint density at radius 2 is 1.91 bits per heavy atom. The largest absolute Gasteiger partial charge is 0.384 e. The molecular formula is C24H24Cl2N8O. The molecule has 4 aromatic rings. The monoisotopic (exact) mass is 510 g/mol. The number of benzene rings is 2. The standard InChI is InChI=1S/C24H24Cl2N8O/c1-32(2)10-11-33-9-8-14-12-15(6-7-19(14)33)29-23-28-13-16-21(27)34(24(35)31-22(16)30-23)20-17(25)4-3-5-18(20)26/h3-7,12-13H,8-11,27H2,1-2H3,(H,29,30,31,35). The van der Waals surface area contributed by atoms with Crippen LogP contribution in [0.3, 0.4) is 0 Å². The zero-order chi connectivity index (χ0) is 24.7. The third-order valence-electron chi connectivity index (χ3n) is 5.98. The molecule has 0 fully saturated rings. The van der Waals surface area contributed by atoms with Crippen LogP contribution in [0.1, 0.15) is 5.56 Å². The van der Waals surface area contributed by atoms with Gasteiger partial charge in [-0.25, -0.2) is 14.3 Å². The minimum Gasteiger partial charge on any atom is -0.384 e. The van der Waals surface area contributed by atoms with Gasteiger partial charge in [-0.2, -0.15) is 9.97 Å². The fourth-order valence-electron chi connectivity index (χ4n) is 4.21. The number of nitrogens with zero attached hydrogens (tertiary/aromatic N) is 6. The van der Waals surface area contributed by atoms with E-state index in [2.05, 4.69) is 56.3 Å². The summed E-state index contributed by atoms with van der Waals surface area (Å²) >= 11 is 12.6. The van der Waals surface area contributed by atoms with Crippen molar-refractivity contribution >= 4 is 57.4 Å². The van der Waals surface area contributed by atoms with Gasteiger partial charge < -0.3 is 20.9 Å². The molecule has 0 saturated carbocycles. The van der Waals surface area contributed by atoms with Crippen molar-refractivity contribution in [2.45, 2.75) is 6.42 Å². The van der Waals surface area contributed by atoms with E-state index in [1.807, 2.05) is 6.07 Å². The van der Waals surface area contributed by atoms with Gasteiger partial charge in [-0.1, -0.05) is 29.3 Å². The number of rotatable bonds is 6. The summed E-state index contributed by atoms with van der Waals surface area (Å²) in [5.41, 5.74) is 9.52. The number of anilines is 4. The zero-order valence-corrected chi connectivity index (χ0v) is 20.8. The molecule has 180 valence electrons. The fraction of sp³-hybridized carbons (Fsp3) is 0.250. The fourth-order valence-corrected chi connectivity index (χ4v) is 4.78. The van der Waals surface area contributed by atoms with Crippen LogP contribution in [0.2, 0.25) is 10.0 Å². The second-order valence-electron chi connectivity index (χ2n) is 8.63. The molecule has 0 aliphatic carbocycles. The molecule has 0 spiro atoms. The maximum atomic E-state index is 12.8. The van der Waals surface area contributed by atoms with E-state index in [-0.39, 0.29) is 27.2 Å². The summed E-state index contributed by atoms with van der Waals surface area (Å²) in [6.07, 6.45) is 2.52. The summed E-state index contributed by atoms with van der Waals surface area (Å²) < 4.78 is 1.17. The number of likely N-dealkylation sites (N-methyl/N-ethyl adjacent to an activating group) is 1. The van der Waals surface area contributed by atoms with Crippen LogP contribution in [0.5, 0.6) is 0 Å². The molecule has 1 aliphatic heterocycles. The first-order chi connectivity index (χ1) is 16.8. The number of fused-ring (bicyclic) bond motifs is 2. The number of hydrogen-bond donors (Lipinski definition) is 2. The highest BCUT2D eigenvalue weighted by Crippen LogP contribution is 2.32. The topological polar surface area (TPSA) is 105 Å². The molecule has 11 heteroatoms. The lowest BCUT2D eigenvalue weighted by Gasteiger charge is -2.21. The number of nitrogens with one attached hydrogen (secondary N) is 1. The molecule has 5 rings (SSSR count). The van der Waals surface area contributed by atoms with E-state index in [0.717, 1.165) is 31.7 Å². The van der Waals surface area contributed by atoms with E-state index < -0.39 is 5.69 Å². The van der Waals surface area contributed by atoms with Gasteiger partial charge in [-0.15, -0.1) is 0 Å². The van der Waals surface area contributed by atoms with E-state index in [4.69, 9.17) is 28.9 Å². The average molecular weight is 511 g/mol. The highest BCUT2D eigenvalue weighted by molar-refractivity contribution is 6.37. The molecule has 2 aromatic heterocycles. The molecular weight excluding hydrogens is 487 g/mol. The van der Waals surface area contributed by atoms with Crippen molar-refractivity contribution in [1.29, 1.82) is 0 Å². The zero-order valence-electron chi connectivity index (χ0n) is 19.3. The normalized spacial score (nSPS) is 13.0. The molecule has 0 atom stereocenters. The van der Waals surface area contributed by atoms with Gasteiger partial charge in [0.25, 0.3) is 0 Å². The highest BCUT2D eigenvalue weighted by atomic mass is 35.5. The molecule has 0 bridgehead atoms. The molecule has 2 aromatic carbocycles. The molecule has 3 heterocycles. The van der Waals surface area contributed by atoms with Crippen LogP contribution < -0.4 is 21.6 Å². The predicted octanol–water partition coefficient (Wildman–Crippen LogP) is 3.73. The Bertz CT molecular complexity index is 1470. The summed E-state index contributed by atoms with van der Waals surface area (Å²) in [5.74, 6) is 0.427. The van der Waals surface area contributed by atoms with Gasteiger partial charge in [0, 0.05) is 37.2 Å². The first-order valence-electron chi connectivity index (χ1n) is 11.1. The first-order valence-corrected chi connectivity index (χ1v) is 11.9. The second kappa shape index (κ2) is 9.33. The number of para-hydroxylation sites is 1. The SMILES string of the molecule is CN(C)CCN1CCc2cc(Nc3ncc4c(N)n(-c5c(Cl)cccc5Cl)c(=O)nc4n3)ccc21. The second-order valence-corrected chi connectivity index (χ2v) is 9.44. The van der Waals surface area contributed by atoms with Gasteiger partial charge in [0.1, 0.15) is 5.82 Å². The Balaban J connectivity index is 1.44. The summed E-state index contributed by atoms with van der Waals surface area (Å²) in [5, 5.41) is 4.19. The summed E-state index contributed by atoms with van der Waals surface area (Å²) in [7, 11) is 4.16. The Kier molecular flexibility index (Phi) is 6.22. The third-order valence-corrected chi connectivity index (χ3v) is 6.59. The molecule has 1 aliphatic rings.